The molecular formula is C24H22O15. The first kappa shape index (κ1) is 29.9. The number of hydrogen-bond acceptors (Lipinski definition) is 13. The Morgan fingerprint density at radius 3 is 0.897 bits per heavy atom. The smallest absolute Gasteiger partial charge is 0.374 e. The Balaban J connectivity index is 0.00000260. The summed E-state index contributed by atoms with van der Waals surface area (Å²) < 4.78 is 33.8. The highest BCUT2D eigenvalue weighted by molar-refractivity contribution is 5.92. The fourth-order valence-electron chi connectivity index (χ4n) is 2.50. The Bertz CT molecular complexity index is 1220. The third-order valence-electron chi connectivity index (χ3n) is 4.14. The number of carboxylic acids is 2. The lowest BCUT2D eigenvalue weighted by Crippen LogP contribution is -2.14. The first-order valence-corrected chi connectivity index (χ1v) is 11.1. The normalized spacial score (nSPS) is 10.0. The quantitative estimate of drug-likeness (QED) is 0.188. The van der Waals surface area contributed by atoms with Crippen LogP contribution >= 0.6 is 0 Å². The van der Waals surface area contributed by atoms with Gasteiger partial charge in [-0.3, -0.25) is 0 Å². The molecule has 3 heterocycles. The Morgan fingerprint density at radius 1 is 0.487 bits per heavy atom. The van der Waals surface area contributed by atoms with E-state index in [0.29, 0.717) is 0 Å². The summed E-state index contributed by atoms with van der Waals surface area (Å²) in [5.41, 5.74) is 0. The van der Waals surface area contributed by atoms with Crippen molar-refractivity contribution < 1.29 is 71.2 Å². The molecule has 0 aliphatic carbocycles. The summed E-state index contributed by atoms with van der Waals surface area (Å²) in [6.07, 6.45) is 0. The number of carboxylic acid groups (broad SMARTS) is 2. The van der Waals surface area contributed by atoms with Crippen molar-refractivity contribution in [2.24, 2.45) is 0 Å². The molecular weight excluding hydrogens is 528 g/mol. The summed E-state index contributed by atoms with van der Waals surface area (Å²) in [6.45, 7) is 2.48. The number of furan rings is 3. The molecule has 3 aromatic rings. The van der Waals surface area contributed by atoms with Crippen LogP contribution in [0.15, 0.2) is 49.6 Å². The molecule has 0 amide bonds. The number of ether oxygens (including phenoxy) is 4. The predicted molar refractivity (Wildman–Crippen MR) is 123 cm³/mol. The Morgan fingerprint density at radius 2 is 0.692 bits per heavy atom. The fourth-order valence-corrected chi connectivity index (χ4v) is 2.50. The average Bonchev–Trinajstić information content (AvgIpc) is 3.70. The third kappa shape index (κ3) is 8.63. The second-order valence-corrected chi connectivity index (χ2v) is 6.65. The van der Waals surface area contributed by atoms with E-state index in [2.05, 4.69) is 0 Å². The van der Waals surface area contributed by atoms with Gasteiger partial charge in [0, 0.05) is 0 Å². The van der Waals surface area contributed by atoms with Crippen LogP contribution in [0, 0.1) is 0 Å². The molecule has 0 saturated carbocycles. The van der Waals surface area contributed by atoms with Crippen LogP contribution in [0.1, 0.15) is 77.2 Å². The highest BCUT2D eigenvalue weighted by atomic mass is 16.6. The van der Waals surface area contributed by atoms with Crippen molar-refractivity contribution in [1.29, 1.82) is 0 Å². The van der Waals surface area contributed by atoms with Gasteiger partial charge in [0.2, 0.25) is 34.6 Å². The molecule has 0 unspecified atom stereocenters. The standard InChI is InChI=1S/C22H16O15.C2H6/c23-17(24)11-1-3-13(35-11)19(27)31-7-9-33-21(29)15-5-6-16(37-15)22(30)34-10-8-32-20(28)14-4-2-12(36-14)18(25)26;1-2/h1-6H,7-10H2,(H,23,24)(H,25,26);1-2H3. The summed E-state index contributed by atoms with van der Waals surface area (Å²) in [5.74, 6) is -8.90. The zero-order chi connectivity index (χ0) is 28.9. The summed E-state index contributed by atoms with van der Waals surface area (Å²) in [7, 11) is 0. The van der Waals surface area contributed by atoms with Gasteiger partial charge in [-0.15, -0.1) is 0 Å². The topological polar surface area (TPSA) is 219 Å². The number of rotatable bonds is 12. The van der Waals surface area contributed by atoms with Crippen molar-refractivity contribution in [1.82, 2.24) is 0 Å². The summed E-state index contributed by atoms with van der Waals surface area (Å²) in [5, 5.41) is 17.5. The molecule has 0 atom stereocenters. The second kappa shape index (κ2) is 14.4. The van der Waals surface area contributed by atoms with Crippen LogP contribution in [-0.4, -0.2) is 72.5 Å². The van der Waals surface area contributed by atoms with E-state index in [1.807, 2.05) is 13.8 Å². The van der Waals surface area contributed by atoms with Crippen LogP contribution in [0.3, 0.4) is 0 Å². The number of esters is 4. The molecule has 39 heavy (non-hydrogen) atoms. The van der Waals surface area contributed by atoms with Crippen molar-refractivity contribution >= 4 is 35.8 Å². The predicted octanol–water partition coefficient (Wildman–Crippen LogP) is 2.92. The van der Waals surface area contributed by atoms with Crippen LogP contribution in [0.4, 0.5) is 0 Å². The van der Waals surface area contributed by atoms with Crippen molar-refractivity contribution in [2.75, 3.05) is 26.4 Å². The molecule has 0 saturated heterocycles. The summed E-state index contributed by atoms with van der Waals surface area (Å²) in [4.78, 5) is 68.9. The molecule has 0 fully saturated rings. The van der Waals surface area contributed by atoms with Gasteiger partial charge in [-0.05, 0) is 36.4 Å². The lowest BCUT2D eigenvalue weighted by atomic mass is 10.4. The maximum atomic E-state index is 12.0. The average molecular weight is 550 g/mol. The van der Waals surface area contributed by atoms with E-state index in [1.165, 1.54) is 0 Å². The molecule has 3 rings (SSSR count). The number of carbonyl (C=O) groups is 6. The molecule has 15 heteroatoms. The van der Waals surface area contributed by atoms with E-state index in [9.17, 15) is 28.8 Å². The molecule has 0 aliphatic heterocycles. The molecule has 0 aromatic carbocycles. The van der Waals surface area contributed by atoms with Crippen LogP contribution in [0.2, 0.25) is 0 Å². The van der Waals surface area contributed by atoms with Gasteiger partial charge in [-0.2, -0.15) is 0 Å². The fraction of sp³-hybridized carbons (Fsp3) is 0.250. The largest absolute Gasteiger partial charge is 0.475 e. The molecule has 0 aliphatic rings. The number of hydrogen-bond donors (Lipinski definition) is 2. The Labute approximate surface area is 218 Å². The van der Waals surface area contributed by atoms with Crippen molar-refractivity contribution in [2.45, 2.75) is 13.8 Å². The summed E-state index contributed by atoms with van der Waals surface area (Å²) >= 11 is 0. The van der Waals surface area contributed by atoms with Gasteiger partial charge in [0.25, 0.3) is 0 Å². The van der Waals surface area contributed by atoms with Crippen molar-refractivity contribution in [3.63, 3.8) is 0 Å². The minimum Gasteiger partial charge on any atom is -0.475 e. The summed E-state index contributed by atoms with van der Waals surface area (Å²) in [6, 6.07) is 6.65. The van der Waals surface area contributed by atoms with E-state index in [4.69, 9.17) is 42.4 Å². The second-order valence-electron chi connectivity index (χ2n) is 6.65. The van der Waals surface area contributed by atoms with Gasteiger partial charge in [0.05, 0.1) is 0 Å². The van der Waals surface area contributed by atoms with Gasteiger partial charge in [-0.25, -0.2) is 28.8 Å². The van der Waals surface area contributed by atoms with Gasteiger partial charge >= 0.3 is 35.8 Å². The minimum absolute atomic E-state index is 0.346. The molecule has 0 spiro atoms. The van der Waals surface area contributed by atoms with E-state index in [1.54, 1.807) is 0 Å². The lowest BCUT2D eigenvalue weighted by Gasteiger charge is -2.05. The van der Waals surface area contributed by atoms with Gasteiger partial charge in [-0.1, -0.05) is 13.8 Å². The highest BCUT2D eigenvalue weighted by Gasteiger charge is 2.20. The zero-order valence-electron chi connectivity index (χ0n) is 20.5. The highest BCUT2D eigenvalue weighted by Crippen LogP contribution is 2.12. The van der Waals surface area contributed by atoms with Gasteiger partial charge in [0.1, 0.15) is 26.4 Å². The SMILES string of the molecule is CC.O=C(O)c1ccc(C(=O)OCCOC(=O)c2ccc(C(=O)OCCOC(=O)c3ccc(C(=O)O)o3)o2)o1. The van der Waals surface area contributed by atoms with E-state index in [-0.39, 0.29) is 49.5 Å². The van der Waals surface area contributed by atoms with Crippen LogP contribution in [-0.2, 0) is 18.9 Å². The first-order chi connectivity index (χ1) is 18.7. The van der Waals surface area contributed by atoms with Crippen molar-refractivity contribution in [3.05, 3.63) is 71.0 Å². The Hall–Kier alpha value is -5.34. The monoisotopic (exact) mass is 550 g/mol. The van der Waals surface area contributed by atoms with Crippen LogP contribution < -0.4 is 0 Å². The van der Waals surface area contributed by atoms with Gasteiger partial charge < -0.3 is 42.4 Å². The molecule has 15 nitrogen and oxygen atoms in total. The number of aromatic carboxylic acids is 2. The Kier molecular flexibility index (Phi) is 11.0. The maximum absolute atomic E-state index is 12.0. The molecule has 3 aromatic heterocycles. The van der Waals surface area contributed by atoms with Gasteiger partial charge in [0.15, 0.2) is 0 Å². The minimum atomic E-state index is -1.36. The van der Waals surface area contributed by atoms with E-state index < -0.39 is 47.3 Å². The zero-order valence-corrected chi connectivity index (χ0v) is 20.5. The lowest BCUT2D eigenvalue weighted by molar-refractivity contribution is 0.0205. The van der Waals surface area contributed by atoms with E-state index >= 15 is 0 Å². The molecule has 0 bridgehead atoms. The van der Waals surface area contributed by atoms with Crippen LogP contribution in [0.5, 0.6) is 0 Å². The number of carbonyl (C=O) groups excluding carboxylic acids is 4. The first-order valence-electron chi connectivity index (χ1n) is 11.1. The maximum Gasteiger partial charge on any atom is 0.374 e. The van der Waals surface area contributed by atoms with Crippen molar-refractivity contribution in [3.8, 4) is 0 Å². The van der Waals surface area contributed by atoms with Crippen LogP contribution in [0.25, 0.3) is 0 Å². The molecule has 2 N–H and O–H groups in total. The molecule has 0 radical (unpaired) electrons. The van der Waals surface area contributed by atoms with E-state index in [0.717, 1.165) is 36.4 Å². The third-order valence-corrected chi connectivity index (χ3v) is 4.14. The molecule has 208 valence electrons.